The topological polar surface area (TPSA) is 64.6 Å². The van der Waals surface area contributed by atoms with Crippen molar-refractivity contribution in [2.45, 2.75) is 18.7 Å². The van der Waals surface area contributed by atoms with Crippen LogP contribution in [-0.4, -0.2) is 22.6 Å². The molecule has 0 unspecified atom stereocenters. The second-order valence-electron chi connectivity index (χ2n) is 5.04. The number of sulfonamides is 1. The number of rotatable bonds is 5. The molecule has 7 heteroatoms. The third-order valence-corrected chi connectivity index (χ3v) is 5.42. The molecular weight excluding hydrogens is 382 g/mol. The van der Waals surface area contributed by atoms with Crippen LogP contribution in [0.3, 0.4) is 0 Å². The van der Waals surface area contributed by atoms with Crippen LogP contribution in [0, 0.1) is 13.8 Å². The van der Waals surface area contributed by atoms with Crippen molar-refractivity contribution in [1.29, 1.82) is 0 Å². The SMILES string of the molecule is COc1cc(C)c(NS(=O)(=O)c2cc(Br)ccc2C)cc1OC. The maximum Gasteiger partial charge on any atom is 0.262 e. The van der Waals surface area contributed by atoms with E-state index in [0.717, 1.165) is 5.56 Å². The van der Waals surface area contributed by atoms with Gasteiger partial charge in [-0.05, 0) is 43.2 Å². The van der Waals surface area contributed by atoms with E-state index in [2.05, 4.69) is 20.7 Å². The predicted molar refractivity (Wildman–Crippen MR) is 94.0 cm³/mol. The Hall–Kier alpha value is -1.73. The number of hydrogen-bond donors (Lipinski definition) is 1. The van der Waals surface area contributed by atoms with Crippen LogP contribution < -0.4 is 14.2 Å². The molecule has 23 heavy (non-hydrogen) atoms. The van der Waals surface area contributed by atoms with Crippen molar-refractivity contribution >= 4 is 31.6 Å². The van der Waals surface area contributed by atoms with E-state index in [9.17, 15) is 8.42 Å². The first-order valence-electron chi connectivity index (χ1n) is 6.80. The zero-order valence-electron chi connectivity index (χ0n) is 13.3. The molecule has 0 aromatic heterocycles. The lowest BCUT2D eigenvalue weighted by Crippen LogP contribution is -2.15. The van der Waals surface area contributed by atoms with Gasteiger partial charge in [0.1, 0.15) is 0 Å². The quantitative estimate of drug-likeness (QED) is 0.827. The molecule has 2 rings (SSSR count). The first kappa shape index (κ1) is 17.6. The minimum absolute atomic E-state index is 0.223. The summed E-state index contributed by atoms with van der Waals surface area (Å²) in [5.41, 5.74) is 1.85. The smallest absolute Gasteiger partial charge is 0.262 e. The summed E-state index contributed by atoms with van der Waals surface area (Å²) >= 11 is 3.30. The average molecular weight is 400 g/mol. The summed E-state index contributed by atoms with van der Waals surface area (Å²) in [6.07, 6.45) is 0. The van der Waals surface area contributed by atoms with Gasteiger partial charge in [-0.1, -0.05) is 22.0 Å². The van der Waals surface area contributed by atoms with Crippen molar-refractivity contribution in [2.24, 2.45) is 0 Å². The van der Waals surface area contributed by atoms with Crippen molar-refractivity contribution < 1.29 is 17.9 Å². The zero-order chi connectivity index (χ0) is 17.2. The Balaban J connectivity index is 2.47. The molecule has 0 amide bonds. The highest BCUT2D eigenvalue weighted by molar-refractivity contribution is 9.10. The normalized spacial score (nSPS) is 11.2. The Bertz CT molecular complexity index is 834. The van der Waals surface area contributed by atoms with E-state index in [1.807, 2.05) is 0 Å². The molecular formula is C16H18BrNO4S. The van der Waals surface area contributed by atoms with Gasteiger partial charge in [0, 0.05) is 10.5 Å². The molecule has 0 heterocycles. The first-order chi connectivity index (χ1) is 10.8. The summed E-state index contributed by atoms with van der Waals surface area (Å²) in [4.78, 5) is 0.223. The van der Waals surface area contributed by atoms with Crippen LogP contribution in [0.2, 0.25) is 0 Å². The van der Waals surface area contributed by atoms with E-state index < -0.39 is 10.0 Å². The second-order valence-corrected chi connectivity index (χ2v) is 7.60. The highest BCUT2D eigenvalue weighted by Gasteiger charge is 2.19. The summed E-state index contributed by atoms with van der Waals surface area (Å²) in [6, 6.07) is 8.47. The van der Waals surface area contributed by atoms with Gasteiger partial charge >= 0.3 is 0 Å². The van der Waals surface area contributed by atoms with Gasteiger partial charge in [0.05, 0.1) is 24.8 Å². The minimum atomic E-state index is -3.71. The number of benzene rings is 2. The van der Waals surface area contributed by atoms with Crippen molar-refractivity contribution in [3.05, 3.63) is 45.9 Å². The number of halogens is 1. The molecule has 0 aliphatic carbocycles. The Morgan fingerprint density at radius 1 is 0.957 bits per heavy atom. The van der Waals surface area contributed by atoms with Gasteiger partial charge < -0.3 is 9.47 Å². The lowest BCUT2D eigenvalue weighted by Gasteiger charge is -2.15. The molecule has 0 bridgehead atoms. The molecule has 0 radical (unpaired) electrons. The molecule has 1 N–H and O–H groups in total. The second kappa shape index (κ2) is 6.80. The van der Waals surface area contributed by atoms with Gasteiger partial charge in [-0.2, -0.15) is 0 Å². The number of ether oxygens (including phenoxy) is 2. The maximum atomic E-state index is 12.7. The minimum Gasteiger partial charge on any atom is -0.493 e. The van der Waals surface area contributed by atoms with Crippen LogP contribution in [0.25, 0.3) is 0 Å². The average Bonchev–Trinajstić information content (AvgIpc) is 2.50. The van der Waals surface area contributed by atoms with Crippen LogP contribution in [-0.2, 0) is 10.0 Å². The third kappa shape index (κ3) is 3.79. The lowest BCUT2D eigenvalue weighted by atomic mass is 10.2. The van der Waals surface area contributed by atoms with Crippen molar-refractivity contribution in [3.8, 4) is 11.5 Å². The van der Waals surface area contributed by atoms with E-state index in [1.165, 1.54) is 14.2 Å². The van der Waals surface area contributed by atoms with Crippen LogP contribution in [0.1, 0.15) is 11.1 Å². The standard InChI is InChI=1S/C16H18BrNO4S/c1-10-5-6-12(17)8-16(10)23(19,20)18-13-9-15(22-4)14(21-3)7-11(13)2/h5-9,18H,1-4H3. The van der Waals surface area contributed by atoms with Crippen LogP contribution in [0.4, 0.5) is 5.69 Å². The van der Waals surface area contributed by atoms with Crippen LogP contribution in [0.15, 0.2) is 39.7 Å². The molecule has 0 spiro atoms. The Kier molecular flexibility index (Phi) is 5.21. The van der Waals surface area contributed by atoms with E-state index in [0.29, 0.717) is 27.2 Å². The Morgan fingerprint density at radius 3 is 2.17 bits per heavy atom. The lowest BCUT2D eigenvalue weighted by molar-refractivity contribution is 0.355. The molecule has 0 saturated carbocycles. The molecule has 0 fully saturated rings. The van der Waals surface area contributed by atoms with Crippen molar-refractivity contribution in [3.63, 3.8) is 0 Å². The highest BCUT2D eigenvalue weighted by Crippen LogP contribution is 2.34. The van der Waals surface area contributed by atoms with Gasteiger partial charge in [0.25, 0.3) is 10.0 Å². The fourth-order valence-electron chi connectivity index (χ4n) is 2.15. The monoisotopic (exact) mass is 399 g/mol. The molecule has 0 saturated heterocycles. The number of aryl methyl sites for hydroxylation is 2. The maximum absolute atomic E-state index is 12.7. The molecule has 2 aromatic carbocycles. The third-order valence-electron chi connectivity index (χ3n) is 3.41. The number of nitrogens with one attached hydrogen (secondary N) is 1. The highest BCUT2D eigenvalue weighted by atomic mass is 79.9. The molecule has 124 valence electrons. The predicted octanol–water partition coefficient (Wildman–Crippen LogP) is 3.88. The largest absolute Gasteiger partial charge is 0.493 e. The van der Waals surface area contributed by atoms with E-state index in [4.69, 9.17) is 9.47 Å². The molecule has 5 nitrogen and oxygen atoms in total. The number of methoxy groups -OCH3 is 2. The van der Waals surface area contributed by atoms with Gasteiger partial charge in [0.15, 0.2) is 11.5 Å². The molecule has 0 aliphatic rings. The van der Waals surface area contributed by atoms with Crippen molar-refractivity contribution in [1.82, 2.24) is 0 Å². The Labute approximate surface area is 144 Å². The number of hydrogen-bond acceptors (Lipinski definition) is 4. The molecule has 0 atom stereocenters. The van der Waals surface area contributed by atoms with Gasteiger partial charge in [0.2, 0.25) is 0 Å². The number of anilines is 1. The summed E-state index contributed by atoms with van der Waals surface area (Å²) in [7, 11) is -0.672. The summed E-state index contributed by atoms with van der Waals surface area (Å²) in [6.45, 7) is 3.55. The van der Waals surface area contributed by atoms with Crippen LogP contribution in [0.5, 0.6) is 11.5 Å². The van der Waals surface area contributed by atoms with Gasteiger partial charge in [-0.15, -0.1) is 0 Å². The van der Waals surface area contributed by atoms with Crippen molar-refractivity contribution in [2.75, 3.05) is 18.9 Å². The fourth-order valence-corrected chi connectivity index (χ4v) is 4.06. The molecule has 2 aromatic rings. The van der Waals surface area contributed by atoms with Crippen LogP contribution >= 0.6 is 15.9 Å². The van der Waals surface area contributed by atoms with E-state index in [-0.39, 0.29) is 4.90 Å². The fraction of sp³-hybridized carbons (Fsp3) is 0.250. The summed E-state index contributed by atoms with van der Waals surface area (Å²) in [5, 5.41) is 0. The van der Waals surface area contributed by atoms with E-state index >= 15 is 0 Å². The van der Waals surface area contributed by atoms with Gasteiger partial charge in [-0.25, -0.2) is 8.42 Å². The summed E-state index contributed by atoms with van der Waals surface area (Å²) in [5.74, 6) is 1.01. The Morgan fingerprint density at radius 2 is 1.57 bits per heavy atom. The molecule has 0 aliphatic heterocycles. The van der Waals surface area contributed by atoms with E-state index in [1.54, 1.807) is 44.2 Å². The first-order valence-corrected chi connectivity index (χ1v) is 9.07. The zero-order valence-corrected chi connectivity index (χ0v) is 15.7. The van der Waals surface area contributed by atoms with Gasteiger partial charge in [-0.3, -0.25) is 4.72 Å². The summed E-state index contributed by atoms with van der Waals surface area (Å²) < 4.78 is 39.1.